The molecule has 0 aromatic heterocycles. The maximum Gasteiger partial charge on any atom is 0.337 e. The number of carboxylic acid groups (broad SMARTS) is 1. The predicted molar refractivity (Wildman–Crippen MR) is 71.7 cm³/mol. The molecule has 90 valence electrons. The van der Waals surface area contributed by atoms with Gasteiger partial charge < -0.3 is 5.11 Å². The fraction of sp³-hybridized carbons (Fsp3) is 0.0667. The van der Waals surface area contributed by atoms with Gasteiger partial charge in [0.15, 0.2) is 0 Å². The smallest absolute Gasteiger partial charge is 0.337 e. The van der Waals surface area contributed by atoms with Crippen LogP contribution in [0.1, 0.15) is 15.9 Å². The average Bonchev–Trinajstić information content (AvgIpc) is 2.40. The van der Waals surface area contributed by atoms with Crippen molar-refractivity contribution in [3.8, 4) is 0 Å². The molecular weight excluding hydrogens is 226 g/mol. The number of nitrogens with zero attached hydrogens (tertiary/aromatic N) is 1. The van der Waals surface area contributed by atoms with Gasteiger partial charge in [-0.15, -0.1) is 0 Å². The lowest BCUT2D eigenvalue weighted by Gasteiger charge is -1.99. The first kappa shape index (κ1) is 12.0. The molecule has 3 heteroatoms. The van der Waals surface area contributed by atoms with Gasteiger partial charge in [-0.05, 0) is 17.7 Å². The molecule has 3 nitrogen and oxygen atoms in total. The monoisotopic (exact) mass is 239 g/mol. The van der Waals surface area contributed by atoms with Crippen LogP contribution in [-0.2, 0) is 6.42 Å². The van der Waals surface area contributed by atoms with Gasteiger partial charge in [-0.1, -0.05) is 42.5 Å². The number of aromatic carboxylic acids is 1. The number of carboxylic acids is 1. The summed E-state index contributed by atoms with van der Waals surface area (Å²) in [4.78, 5) is 15.2. The van der Waals surface area contributed by atoms with Crippen molar-refractivity contribution < 1.29 is 9.90 Å². The van der Waals surface area contributed by atoms with Crippen molar-refractivity contribution >= 4 is 17.9 Å². The minimum Gasteiger partial charge on any atom is -0.478 e. The number of rotatable bonds is 4. The molecule has 0 aliphatic heterocycles. The summed E-state index contributed by atoms with van der Waals surface area (Å²) < 4.78 is 0. The maximum absolute atomic E-state index is 11.0. The van der Waals surface area contributed by atoms with E-state index in [2.05, 4.69) is 4.99 Å². The fourth-order valence-electron chi connectivity index (χ4n) is 1.63. The van der Waals surface area contributed by atoms with E-state index in [1.165, 1.54) is 0 Å². The Morgan fingerprint density at radius 1 is 1.06 bits per heavy atom. The van der Waals surface area contributed by atoms with Crippen LogP contribution in [0.15, 0.2) is 59.6 Å². The number of benzene rings is 2. The minimum atomic E-state index is -0.956. The van der Waals surface area contributed by atoms with Gasteiger partial charge in [0.25, 0.3) is 0 Å². The Hall–Kier alpha value is -2.42. The summed E-state index contributed by atoms with van der Waals surface area (Å²) in [7, 11) is 0. The predicted octanol–water partition coefficient (Wildman–Crippen LogP) is 3.33. The third-order valence-corrected chi connectivity index (χ3v) is 2.53. The summed E-state index contributed by atoms with van der Waals surface area (Å²) in [6, 6.07) is 16.6. The lowest BCUT2D eigenvalue weighted by Crippen LogP contribution is -1.96. The lowest BCUT2D eigenvalue weighted by molar-refractivity contribution is 0.0698. The van der Waals surface area contributed by atoms with Gasteiger partial charge in [0.1, 0.15) is 0 Å². The highest BCUT2D eigenvalue weighted by atomic mass is 16.4. The van der Waals surface area contributed by atoms with Gasteiger partial charge in [0, 0.05) is 12.6 Å². The fourth-order valence-corrected chi connectivity index (χ4v) is 1.63. The summed E-state index contributed by atoms with van der Waals surface area (Å²) in [5, 5.41) is 9.01. The molecule has 0 saturated heterocycles. The molecule has 0 bridgehead atoms. The zero-order valence-corrected chi connectivity index (χ0v) is 9.78. The first-order valence-electron chi connectivity index (χ1n) is 5.66. The molecule has 2 rings (SSSR count). The van der Waals surface area contributed by atoms with Crippen LogP contribution in [-0.4, -0.2) is 17.3 Å². The molecule has 0 saturated carbocycles. The third-order valence-electron chi connectivity index (χ3n) is 2.53. The van der Waals surface area contributed by atoms with Crippen LogP contribution in [0.5, 0.6) is 0 Å². The SMILES string of the molecule is O=C(O)c1ccccc1N=CCc1ccccc1. The maximum atomic E-state index is 11.0. The van der Waals surface area contributed by atoms with Gasteiger partial charge in [0.05, 0.1) is 11.3 Å². The van der Waals surface area contributed by atoms with Crippen LogP contribution in [0.4, 0.5) is 5.69 Å². The first-order chi connectivity index (χ1) is 8.77. The van der Waals surface area contributed by atoms with Crippen molar-refractivity contribution in [3.05, 3.63) is 65.7 Å². The van der Waals surface area contributed by atoms with Crippen molar-refractivity contribution in [2.45, 2.75) is 6.42 Å². The molecule has 0 radical (unpaired) electrons. The van der Waals surface area contributed by atoms with Gasteiger partial charge in [0.2, 0.25) is 0 Å². The van der Waals surface area contributed by atoms with Crippen molar-refractivity contribution in [3.63, 3.8) is 0 Å². The summed E-state index contributed by atoms with van der Waals surface area (Å²) in [5.74, 6) is -0.956. The minimum absolute atomic E-state index is 0.224. The van der Waals surface area contributed by atoms with E-state index in [0.717, 1.165) is 5.56 Å². The van der Waals surface area contributed by atoms with Crippen LogP contribution >= 0.6 is 0 Å². The standard InChI is InChI=1S/C15H13NO2/c17-15(18)13-8-4-5-9-14(13)16-11-10-12-6-2-1-3-7-12/h1-9,11H,10H2,(H,17,18). The van der Waals surface area contributed by atoms with Crippen molar-refractivity contribution in [1.82, 2.24) is 0 Å². The lowest BCUT2D eigenvalue weighted by atomic mass is 10.1. The molecule has 0 fully saturated rings. The van der Waals surface area contributed by atoms with E-state index in [1.807, 2.05) is 30.3 Å². The van der Waals surface area contributed by atoms with E-state index in [-0.39, 0.29) is 5.56 Å². The second-order valence-electron chi connectivity index (χ2n) is 3.82. The summed E-state index contributed by atoms with van der Waals surface area (Å²) >= 11 is 0. The average molecular weight is 239 g/mol. The van der Waals surface area contributed by atoms with E-state index in [0.29, 0.717) is 12.1 Å². The Balaban J connectivity index is 2.12. The number of hydrogen-bond acceptors (Lipinski definition) is 2. The first-order valence-corrected chi connectivity index (χ1v) is 5.66. The van der Waals surface area contributed by atoms with Crippen LogP contribution in [0.2, 0.25) is 0 Å². The van der Waals surface area contributed by atoms with E-state index < -0.39 is 5.97 Å². The zero-order valence-electron chi connectivity index (χ0n) is 9.78. The van der Waals surface area contributed by atoms with Gasteiger partial charge in [-0.25, -0.2) is 4.79 Å². The molecule has 0 unspecified atom stereocenters. The van der Waals surface area contributed by atoms with E-state index in [1.54, 1.807) is 30.5 Å². The zero-order chi connectivity index (χ0) is 12.8. The Labute approximate surface area is 105 Å². The molecule has 2 aromatic carbocycles. The molecule has 0 spiro atoms. The quantitative estimate of drug-likeness (QED) is 0.832. The molecule has 1 N–H and O–H groups in total. The Bertz CT molecular complexity index is 562. The Morgan fingerprint density at radius 2 is 1.72 bits per heavy atom. The van der Waals surface area contributed by atoms with Crippen molar-refractivity contribution in [2.75, 3.05) is 0 Å². The number of hydrogen-bond donors (Lipinski definition) is 1. The molecular formula is C15H13NO2. The van der Waals surface area contributed by atoms with E-state index in [4.69, 9.17) is 5.11 Å². The third kappa shape index (κ3) is 3.04. The van der Waals surface area contributed by atoms with Crippen molar-refractivity contribution in [1.29, 1.82) is 0 Å². The highest BCUT2D eigenvalue weighted by molar-refractivity contribution is 5.94. The molecule has 0 aliphatic rings. The highest BCUT2D eigenvalue weighted by Crippen LogP contribution is 2.18. The number of aliphatic imine (C=N–C) groups is 1. The summed E-state index contributed by atoms with van der Waals surface area (Å²) in [6.07, 6.45) is 2.42. The van der Waals surface area contributed by atoms with Crippen molar-refractivity contribution in [2.24, 2.45) is 4.99 Å². The molecule has 0 atom stereocenters. The van der Waals surface area contributed by atoms with Crippen LogP contribution in [0.3, 0.4) is 0 Å². The highest BCUT2D eigenvalue weighted by Gasteiger charge is 2.06. The van der Waals surface area contributed by atoms with Gasteiger partial charge >= 0.3 is 5.97 Å². The number of para-hydroxylation sites is 1. The molecule has 0 amide bonds. The van der Waals surface area contributed by atoms with Crippen LogP contribution < -0.4 is 0 Å². The molecule has 0 heterocycles. The van der Waals surface area contributed by atoms with E-state index >= 15 is 0 Å². The largest absolute Gasteiger partial charge is 0.478 e. The summed E-state index contributed by atoms with van der Waals surface area (Å²) in [5.41, 5.74) is 1.86. The summed E-state index contributed by atoms with van der Waals surface area (Å²) in [6.45, 7) is 0. The van der Waals surface area contributed by atoms with Crippen LogP contribution in [0.25, 0.3) is 0 Å². The van der Waals surface area contributed by atoms with E-state index in [9.17, 15) is 4.79 Å². The molecule has 2 aromatic rings. The Kier molecular flexibility index (Phi) is 3.86. The number of carbonyl (C=O) groups is 1. The molecule has 18 heavy (non-hydrogen) atoms. The molecule has 0 aliphatic carbocycles. The van der Waals surface area contributed by atoms with Crippen LogP contribution in [0, 0.1) is 0 Å². The van der Waals surface area contributed by atoms with Gasteiger partial charge in [-0.2, -0.15) is 0 Å². The normalized spacial score (nSPS) is 10.7. The van der Waals surface area contributed by atoms with Gasteiger partial charge in [-0.3, -0.25) is 4.99 Å². The second-order valence-corrected chi connectivity index (χ2v) is 3.82. The Morgan fingerprint density at radius 3 is 2.44 bits per heavy atom. The topological polar surface area (TPSA) is 49.7 Å². The second kappa shape index (κ2) is 5.77.